The van der Waals surface area contributed by atoms with Crippen LogP contribution in [0.3, 0.4) is 0 Å². The Hall–Kier alpha value is -1.88. The summed E-state index contributed by atoms with van der Waals surface area (Å²) in [6.07, 6.45) is 1.41. The van der Waals surface area contributed by atoms with Crippen molar-refractivity contribution in [3.05, 3.63) is 40.2 Å². The van der Waals surface area contributed by atoms with E-state index in [0.29, 0.717) is 17.1 Å². The van der Waals surface area contributed by atoms with E-state index in [1.807, 2.05) is 19.9 Å². The van der Waals surface area contributed by atoms with Gasteiger partial charge in [-0.2, -0.15) is 0 Å². The van der Waals surface area contributed by atoms with E-state index in [-0.39, 0.29) is 5.69 Å². The summed E-state index contributed by atoms with van der Waals surface area (Å²) in [5, 5.41) is 17.4. The molecule has 0 aliphatic rings. The monoisotopic (exact) mass is 279 g/mol. The number of hydrogen-bond acceptors (Lipinski definition) is 3. The molecule has 0 aliphatic heterocycles. The van der Waals surface area contributed by atoms with E-state index < -0.39 is 5.97 Å². The van der Waals surface area contributed by atoms with E-state index in [2.05, 4.69) is 10.3 Å². The maximum absolute atomic E-state index is 11.2. The van der Waals surface area contributed by atoms with Crippen molar-refractivity contribution in [3.8, 4) is 5.69 Å². The molecule has 0 saturated heterocycles. The summed E-state index contributed by atoms with van der Waals surface area (Å²) >= 11 is 5.99. The van der Waals surface area contributed by atoms with Gasteiger partial charge in [0.1, 0.15) is 0 Å². The Morgan fingerprint density at radius 1 is 1.47 bits per heavy atom. The zero-order valence-electron chi connectivity index (χ0n) is 10.7. The standard InChI is InChI=1S/C13H14ClN3O2/c1-3-4-10-12(13(18)19)15-16-17(10)11-7-9(14)6-5-8(11)2/h5-7H,3-4H2,1-2H3,(H,18,19). The molecule has 0 saturated carbocycles. The summed E-state index contributed by atoms with van der Waals surface area (Å²) in [6, 6.07) is 5.42. The molecule has 0 spiro atoms. The number of aromatic nitrogens is 3. The summed E-state index contributed by atoms with van der Waals surface area (Å²) in [7, 11) is 0. The Labute approximate surface area is 115 Å². The van der Waals surface area contributed by atoms with Gasteiger partial charge in [-0.25, -0.2) is 9.48 Å². The fourth-order valence-corrected chi connectivity index (χ4v) is 2.10. The number of nitrogens with zero attached hydrogens (tertiary/aromatic N) is 3. The molecule has 1 aromatic carbocycles. The molecule has 1 heterocycles. The number of hydrogen-bond donors (Lipinski definition) is 1. The molecule has 0 atom stereocenters. The Bertz CT molecular complexity index is 622. The summed E-state index contributed by atoms with van der Waals surface area (Å²) in [5.41, 5.74) is 2.32. The van der Waals surface area contributed by atoms with Crippen LogP contribution in [0.5, 0.6) is 0 Å². The third-order valence-electron chi connectivity index (χ3n) is 2.85. The van der Waals surface area contributed by atoms with Crippen molar-refractivity contribution in [2.24, 2.45) is 0 Å². The maximum Gasteiger partial charge on any atom is 0.358 e. The Morgan fingerprint density at radius 2 is 2.21 bits per heavy atom. The van der Waals surface area contributed by atoms with Crippen molar-refractivity contribution in [3.63, 3.8) is 0 Å². The third-order valence-corrected chi connectivity index (χ3v) is 3.09. The van der Waals surface area contributed by atoms with Gasteiger partial charge in [0.2, 0.25) is 0 Å². The zero-order valence-corrected chi connectivity index (χ0v) is 11.5. The normalized spacial score (nSPS) is 10.7. The number of carboxylic acids is 1. The molecule has 5 nitrogen and oxygen atoms in total. The van der Waals surface area contributed by atoms with Gasteiger partial charge in [0.05, 0.1) is 11.4 Å². The summed E-state index contributed by atoms with van der Waals surface area (Å²) in [4.78, 5) is 11.2. The lowest BCUT2D eigenvalue weighted by atomic mass is 10.1. The smallest absolute Gasteiger partial charge is 0.358 e. The lowest BCUT2D eigenvalue weighted by Gasteiger charge is -2.09. The van der Waals surface area contributed by atoms with E-state index >= 15 is 0 Å². The Kier molecular flexibility index (Phi) is 3.85. The predicted molar refractivity (Wildman–Crippen MR) is 72.1 cm³/mol. The first-order chi connectivity index (χ1) is 9.04. The first-order valence-corrected chi connectivity index (χ1v) is 6.36. The molecule has 1 aromatic heterocycles. The van der Waals surface area contributed by atoms with Crippen LogP contribution in [0.1, 0.15) is 35.1 Å². The number of carboxylic acid groups (broad SMARTS) is 1. The molecule has 0 radical (unpaired) electrons. The van der Waals surface area contributed by atoms with Gasteiger partial charge >= 0.3 is 5.97 Å². The number of rotatable bonds is 4. The highest BCUT2D eigenvalue weighted by Gasteiger charge is 2.19. The molecule has 19 heavy (non-hydrogen) atoms. The average Bonchev–Trinajstić information content (AvgIpc) is 2.76. The van der Waals surface area contributed by atoms with Crippen LogP contribution in [0.25, 0.3) is 5.69 Å². The van der Waals surface area contributed by atoms with Crippen molar-refractivity contribution in [1.82, 2.24) is 15.0 Å². The van der Waals surface area contributed by atoms with Crippen LogP contribution in [0, 0.1) is 6.92 Å². The summed E-state index contributed by atoms with van der Waals surface area (Å²) in [5.74, 6) is -1.06. The lowest BCUT2D eigenvalue weighted by molar-refractivity contribution is 0.0689. The quantitative estimate of drug-likeness (QED) is 0.934. The maximum atomic E-state index is 11.2. The van der Waals surface area contributed by atoms with Crippen molar-refractivity contribution in [1.29, 1.82) is 0 Å². The number of halogens is 1. The molecule has 0 bridgehead atoms. The van der Waals surface area contributed by atoms with Gasteiger partial charge in [-0.3, -0.25) is 0 Å². The van der Waals surface area contributed by atoms with Gasteiger partial charge in [-0.1, -0.05) is 36.2 Å². The first-order valence-electron chi connectivity index (χ1n) is 5.99. The molecule has 6 heteroatoms. The first kappa shape index (κ1) is 13.5. The van der Waals surface area contributed by atoms with Crippen LogP contribution in [0.15, 0.2) is 18.2 Å². The van der Waals surface area contributed by atoms with Crippen LogP contribution in [-0.4, -0.2) is 26.1 Å². The number of carbonyl (C=O) groups is 1. The van der Waals surface area contributed by atoms with Gasteiger partial charge in [-0.05, 0) is 31.0 Å². The average molecular weight is 280 g/mol. The van der Waals surface area contributed by atoms with Crippen LogP contribution >= 0.6 is 11.6 Å². The molecule has 2 aromatic rings. The highest BCUT2D eigenvalue weighted by molar-refractivity contribution is 6.30. The molecule has 0 fully saturated rings. The SMILES string of the molecule is CCCc1c(C(=O)O)nnn1-c1cc(Cl)ccc1C. The third kappa shape index (κ3) is 2.61. The topological polar surface area (TPSA) is 68.0 Å². The van der Waals surface area contributed by atoms with Gasteiger partial charge < -0.3 is 5.11 Å². The van der Waals surface area contributed by atoms with E-state index in [9.17, 15) is 4.79 Å². The van der Waals surface area contributed by atoms with E-state index in [0.717, 1.165) is 17.7 Å². The highest BCUT2D eigenvalue weighted by Crippen LogP contribution is 2.22. The molecule has 0 aliphatic carbocycles. The number of aromatic carboxylic acids is 1. The lowest BCUT2D eigenvalue weighted by Crippen LogP contribution is -2.07. The fourth-order valence-electron chi connectivity index (χ4n) is 1.93. The van der Waals surface area contributed by atoms with Crippen LogP contribution in [-0.2, 0) is 6.42 Å². The highest BCUT2D eigenvalue weighted by atomic mass is 35.5. The molecular formula is C13H14ClN3O2. The molecule has 0 amide bonds. The number of aryl methyl sites for hydroxylation is 1. The van der Waals surface area contributed by atoms with Gasteiger partial charge in [-0.15, -0.1) is 5.10 Å². The van der Waals surface area contributed by atoms with Crippen molar-refractivity contribution < 1.29 is 9.90 Å². The Balaban J connectivity index is 2.61. The minimum atomic E-state index is -1.06. The minimum absolute atomic E-state index is 0.00113. The fraction of sp³-hybridized carbons (Fsp3) is 0.308. The van der Waals surface area contributed by atoms with E-state index in [1.165, 1.54) is 0 Å². The second kappa shape index (κ2) is 5.40. The van der Waals surface area contributed by atoms with Crippen LogP contribution in [0.2, 0.25) is 5.02 Å². The molecule has 2 rings (SSSR count). The van der Waals surface area contributed by atoms with E-state index in [1.54, 1.807) is 16.8 Å². The molecular weight excluding hydrogens is 266 g/mol. The van der Waals surface area contributed by atoms with Crippen molar-refractivity contribution in [2.45, 2.75) is 26.7 Å². The molecule has 100 valence electrons. The van der Waals surface area contributed by atoms with Gasteiger partial charge in [0.25, 0.3) is 0 Å². The van der Waals surface area contributed by atoms with Crippen LogP contribution < -0.4 is 0 Å². The largest absolute Gasteiger partial charge is 0.476 e. The molecule has 1 N–H and O–H groups in total. The van der Waals surface area contributed by atoms with Crippen molar-refractivity contribution in [2.75, 3.05) is 0 Å². The summed E-state index contributed by atoms with van der Waals surface area (Å²) < 4.78 is 1.56. The molecule has 0 unspecified atom stereocenters. The number of benzene rings is 1. The second-order valence-electron chi connectivity index (χ2n) is 4.28. The predicted octanol–water partition coefficient (Wildman–Crippen LogP) is 2.88. The summed E-state index contributed by atoms with van der Waals surface area (Å²) in [6.45, 7) is 3.90. The zero-order chi connectivity index (χ0) is 14.0. The van der Waals surface area contributed by atoms with Gasteiger partial charge in [0.15, 0.2) is 5.69 Å². The van der Waals surface area contributed by atoms with Gasteiger partial charge in [0, 0.05) is 5.02 Å². The van der Waals surface area contributed by atoms with Crippen LogP contribution in [0.4, 0.5) is 0 Å². The Morgan fingerprint density at radius 3 is 2.84 bits per heavy atom. The second-order valence-corrected chi connectivity index (χ2v) is 4.72. The minimum Gasteiger partial charge on any atom is -0.476 e. The van der Waals surface area contributed by atoms with Crippen molar-refractivity contribution >= 4 is 17.6 Å². The van der Waals surface area contributed by atoms with E-state index in [4.69, 9.17) is 16.7 Å².